The van der Waals surface area contributed by atoms with Gasteiger partial charge in [0.15, 0.2) is 0 Å². The van der Waals surface area contributed by atoms with Crippen LogP contribution in [0.25, 0.3) is 0 Å². The van der Waals surface area contributed by atoms with Crippen LogP contribution < -0.4 is 0 Å². The van der Waals surface area contributed by atoms with E-state index in [1.54, 1.807) is 0 Å². The minimum absolute atomic E-state index is 0. The van der Waals surface area contributed by atoms with Crippen LogP contribution in [0.5, 0.6) is 0 Å². The van der Waals surface area contributed by atoms with Gasteiger partial charge in [-0.2, -0.15) is 0 Å². The molecule has 0 spiro atoms. The zero-order valence-electron chi connectivity index (χ0n) is 12.1. The Kier molecular flexibility index (Phi) is 5.48. The molecule has 3 heteroatoms. The van der Waals surface area contributed by atoms with Crippen molar-refractivity contribution in [2.75, 3.05) is 13.1 Å². The van der Waals surface area contributed by atoms with E-state index in [-0.39, 0.29) is 24.0 Å². The van der Waals surface area contributed by atoms with E-state index in [9.17, 15) is 5.11 Å². The number of benzene rings is 1. The molecule has 1 aliphatic heterocycles. The summed E-state index contributed by atoms with van der Waals surface area (Å²) in [5.74, 6) is 0. The first-order valence-electron chi connectivity index (χ1n) is 7.80. The SMILES string of the molecule is Cl.OC1CCCN(C2(c3ccccc3)CCCCC2)C1. The fourth-order valence-electron chi connectivity index (χ4n) is 4.02. The molecule has 2 fully saturated rings. The van der Waals surface area contributed by atoms with E-state index < -0.39 is 0 Å². The van der Waals surface area contributed by atoms with E-state index in [1.165, 1.54) is 37.7 Å². The van der Waals surface area contributed by atoms with Gasteiger partial charge in [0, 0.05) is 12.1 Å². The lowest BCUT2D eigenvalue weighted by molar-refractivity contribution is -0.0212. The van der Waals surface area contributed by atoms with Crippen molar-refractivity contribution in [1.82, 2.24) is 4.90 Å². The second-order valence-corrected chi connectivity index (χ2v) is 6.20. The normalized spacial score (nSPS) is 26.8. The lowest BCUT2D eigenvalue weighted by Crippen LogP contribution is -2.52. The Balaban J connectivity index is 0.00000147. The van der Waals surface area contributed by atoms with Crippen LogP contribution in [-0.4, -0.2) is 29.2 Å². The summed E-state index contributed by atoms with van der Waals surface area (Å²) in [6.07, 6.45) is 8.50. The Labute approximate surface area is 128 Å². The third kappa shape index (κ3) is 3.03. The van der Waals surface area contributed by atoms with Gasteiger partial charge in [0.2, 0.25) is 0 Å². The molecular weight excluding hydrogens is 270 g/mol. The van der Waals surface area contributed by atoms with Crippen LogP contribution in [0.4, 0.5) is 0 Å². The van der Waals surface area contributed by atoms with Gasteiger partial charge in [0.1, 0.15) is 0 Å². The molecule has 0 aromatic heterocycles. The second-order valence-electron chi connectivity index (χ2n) is 6.20. The predicted molar refractivity (Wildman–Crippen MR) is 85.3 cm³/mol. The molecule has 1 aromatic carbocycles. The van der Waals surface area contributed by atoms with Crippen molar-refractivity contribution < 1.29 is 5.11 Å². The van der Waals surface area contributed by atoms with Crippen molar-refractivity contribution in [1.29, 1.82) is 0 Å². The van der Waals surface area contributed by atoms with Gasteiger partial charge in [-0.1, -0.05) is 49.6 Å². The first-order valence-corrected chi connectivity index (χ1v) is 7.80. The van der Waals surface area contributed by atoms with E-state index in [0.717, 1.165) is 25.9 Å². The van der Waals surface area contributed by atoms with E-state index in [4.69, 9.17) is 0 Å². The Morgan fingerprint density at radius 1 is 1.00 bits per heavy atom. The van der Waals surface area contributed by atoms with Crippen LogP contribution in [0.3, 0.4) is 0 Å². The standard InChI is InChI=1S/C17H25NO.ClH/c19-16-10-7-13-18(14-16)17(11-5-2-6-12-17)15-8-3-1-4-9-15;/h1,3-4,8-9,16,19H,2,5-7,10-14H2;1H. The summed E-state index contributed by atoms with van der Waals surface area (Å²) in [6.45, 7) is 2.00. The van der Waals surface area contributed by atoms with Crippen molar-refractivity contribution >= 4 is 12.4 Å². The Morgan fingerprint density at radius 2 is 1.70 bits per heavy atom. The third-order valence-electron chi connectivity index (χ3n) is 4.99. The average Bonchev–Trinajstić information content (AvgIpc) is 2.49. The maximum absolute atomic E-state index is 10.0. The second kappa shape index (κ2) is 6.93. The molecular formula is C17H26ClNO. The molecule has 2 nitrogen and oxygen atoms in total. The molecule has 1 saturated carbocycles. The number of aliphatic hydroxyl groups is 1. The highest BCUT2D eigenvalue weighted by Gasteiger charge is 2.40. The van der Waals surface area contributed by atoms with Crippen LogP contribution in [0.1, 0.15) is 50.5 Å². The van der Waals surface area contributed by atoms with Gasteiger partial charge in [0.25, 0.3) is 0 Å². The molecule has 0 radical (unpaired) electrons. The minimum Gasteiger partial charge on any atom is -0.392 e. The minimum atomic E-state index is -0.128. The summed E-state index contributed by atoms with van der Waals surface area (Å²) in [7, 11) is 0. The number of rotatable bonds is 2. The summed E-state index contributed by atoms with van der Waals surface area (Å²) in [5, 5.41) is 10.0. The smallest absolute Gasteiger partial charge is 0.0667 e. The highest BCUT2D eigenvalue weighted by atomic mass is 35.5. The van der Waals surface area contributed by atoms with Crippen molar-refractivity contribution in [2.24, 2.45) is 0 Å². The number of piperidine rings is 1. The maximum atomic E-state index is 10.0. The molecule has 1 unspecified atom stereocenters. The fourth-order valence-corrected chi connectivity index (χ4v) is 4.02. The molecule has 0 bridgehead atoms. The molecule has 1 aromatic rings. The molecule has 1 heterocycles. The molecule has 1 aliphatic carbocycles. The van der Waals surface area contributed by atoms with Crippen molar-refractivity contribution in [3.63, 3.8) is 0 Å². The molecule has 1 atom stereocenters. The molecule has 1 saturated heterocycles. The molecule has 2 aliphatic rings. The summed E-state index contributed by atoms with van der Waals surface area (Å²) in [6, 6.07) is 11.0. The molecule has 20 heavy (non-hydrogen) atoms. The maximum Gasteiger partial charge on any atom is 0.0667 e. The Hall–Kier alpha value is -0.570. The quantitative estimate of drug-likeness (QED) is 0.899. The summed E-state index contributed by atoms with van der Waals surface area (Å²) in [4.78, 5) is 2.58. The van der Waals surface area contributed by atoms with Crippen molar-refractivity contribution in [3.8, 4) is 0 Å². The Bertz CT molecular complexity index is 403. The number of halogens is 1. The summed E-state index contributed by atoms with van der Waals surface area (Å²) >= 11 is 0. The predicted octanol–water partition coefficient (Wildman–Crippen LogP) is 3.72. The van der Waals surface area contributed by atoms with Gasteiger partial charge in [-0.15, -0.1) is 12.4 Å². The van der Waals surface area contributed by atoms with Crippen LogP contribution in [0.2, 0.25) is 0 Å². The van der Waals surface area contributed by atoms with Gasteiger partial charge < -0.3 is 5.11 Å². The molecule has 112 valence electrons. The number of hydrogen-bond acceptors (Lipinski definition) is 2. The van der Waals surface area contributed by atoms with Crippen molar-refractivity contribution in [2.45, 2.75) is 56.6 Å². The first kappa shape index (κ1) is 15.8. The van der Waals surface area contributed by atoms with Gasteiger partial charge in [-0.3, -0.25) is 4.90 Å². The number of aliphatic hydroxyl groups excluding tert-OH is 1. The number of hydrogen-bond donors (Lipinski definition) is 1. The number of nitrogens with zero attached hydrogens (tertiary/aromatic N) is 1. The highest BCUT2D eigenvalue weighted by molar-refractivity contribution is 5.85. The summed E-state index contributed by atoms with van der Waals surface area (Å²) < 4.78 is 0. The van der Waals surface area contributed by atoms with E-state index >= 15 is 0 Å². The lowest BCUT2D eigenvalue weighted by atomic mass is 9.74. The highest BCUT2D eigenvalue weighted by Crippen LogP contribution is 2.43. The van der Waals surface area contributed by atoms with Gasteiger partial charge in [0.05, 0.1) is 6.10 Å². The molecule has 1 N–H and O–H groups in total. The fraction of sp³-hybridized carbons (Fsp3) is 0.647. The third-order valence-corrected chi connectivity index (χ3v) is 4.99. The monoisotopic (exact) mass is 295 g/mol. The van der Waals surface area contributed by atoms with Gasteiger partial charge >= 0.3 is 0 Å². The zero-order chi connectivity index (χ0) is 13.1. The first-order chi connectivity index (χ1) is 9.31. The number of β-amino-alcohol motifs (C(OH)–C–C–N with tert-alkyl or cyclic N) is 1. The zero-order valence-corrected chi connectivity index (χ0v) is 12.9. The summed E-state index contributed by atoms with van der Waals surface area (Å²) in [5.41, 5.74) is 1.66. The number of likely N-dealkylation sites (tertiary alicyclic amines) is 1. The van der Waals surface area contributed by atoms with Crippen LogP contribution in [0, 0.1) is 0 Å². The van der Waals surface area contributed by atoms with E-state index in [0.29, 0.717) is 0 Å². The van der Waals surface area contributed by atoms with Gasteiger partial charge in [-0.25, -0.2) is 0 Å². The molecule has 3 rings (SSSR count). The van der Waals surface area contributed by atoms with E-state index in [1.807, 2.05) is 0 Å². The van der Waals surface area contributed by atoms with Crippen LogP contribution >= 0.6 is 12.4 Å². The largest absolute Gasteiger partial charge is 0.392 e. The molecule has 0 amide bonds. The van der Waals surface area contributed by atoms with Crippen LogP contribution in [-0.2, 0) is 5.54 Å². The Morgan fingerprint density at radius 3 is 2.35 bits per heavy atom. The average molecular weight is 296 g/mol. The topological polar surface area (TPSA) is 23.5 Å². The van der Waals surface area contributed by atoms with E-state index in [2.05, 4.69) is 35.2 Å². The van der Waals surface area contributed by atoms with Gasteiger partial charge in [-0.05, 0) is 37.8 Å². The lowest BCUT2D eigenvalue weighted by Gasteiger charge is -2.49. The van der Waals surface area contributed by atoms with Crippen molar-refractivity contribution in [3.05, 3.63) is 35.9 Å². The van der Waals surface area contributed by atoms with Crippen LogP contribution in [0.15, 0.2) is 30.3 Å².